The second kappa shape index (κ2) is 8.82. The van der Waals surface area contributed by atoms with E-state index >= 15 is 0 Å². The Kier molecular flexibility index (Phi) is 8.66. The van der Waals surface area contributed by atoms with E-state index in [9.17, 15) is 4.79 Å². The molecule has 0 saturated carbocycles. The number of hydrogen-bond donors (Lipinski definition) is 1. The van der Waals surface area contributed by atoms with Gasteiger partial charge in [-0.15, -0.1) is 24.8 Å². The molecule has 1 saturated heterocycles. The van der Waals surface area contributed by atoms with E-state index in [1.54, 1.807) is 12.4 Å². The summed E-state index contributed by atoms with van der Waals surface area (Å²) in [5.74, 6) is 0.0331. The fourth-order valence-electron chi connectivity index (χ4n) is 2.45. The summed E-state index contributed by atoms with van der Waals surface area (Å²) in [6.45, 7) is 2.76. The number of carbonyl (C=O) groups is 1. The summed E-state index contributed by atoms with van der Waals surface area (Å²) < 4.78 is 0.822. The second-order valence-electron chi connectivity index (χ2n) is 4.81. The molecule has 4 nitrogen and oxygen atoms in total. The molecular weight excluding hydrogens is 365 g/mol. The van der Waals surface area contributed by atoms with Gasteiger partial charge < -0.3 is 10.6 Å². The smallest absolute Gasteiger partial charge is 0.255 e. The normalized spacial score (nSPS) is 19.6. The van der Waals surface area contributed by atoms with Crippen molar-refractivity contribution in [2.75, 3.05) is 6.54 Å². The molecular formula is C13H20BrCl2N3O. The van der Waals surface area contributed by atoms with Gasteiger partial charge in [0.05, 0.1) is 5.56 Å². The minimum Gasteiger partial charge on any atom is -0.334 e. The summed E-state index contributed by atoms with van der Waals surface area (Å²) in [6.07, 6.45) is 6.48. The van der Waals surface area contributed by atoms with E-state index < -0.39 is 0 Å². The number of carbonyl (C=O) groups excluding carboxylic acids is 1. The van der Waals surface area contributed by atoms with Gasteiger partial charge in [0.25, 0.3) is 5.91 Å². The highest BCUT2D eigenvalue weighted by Crippen LogP contribution is 2.22. The molecule has 0 spiro atoms. The van der Waals surface area contributed by atoms with Crippen molar-refractivity contribution in [2.45, 2.75) is 38.3 Å². The zero-order chi connectivity index (χ0) is 13.1. The number of rotatable bonds is 2. The molecule has 0 radical (unpaired) electrons. The van der Waals surface area contributed by atoms with Gasteiger partial charge in [0, 0.05) is 35.5 Å². The molecule has 1 aromatic heterocycles. The fraction of sp³-hybridized carbons (Fsp3) is 0.538. The quantitative estimate of drug-likeness (QED) is 0.852. The molecule has 1 aliphatic rings. The lowest BCUT2D eigenvalue weighted by molar-refractivity contribution is 0.0583. The number of nitrogens with two attached hydrogens (primary N) is 1. The monoisotopic (exact) mass is 383 g/mol. The third-order valence-corrected chi connectivity index (χ3v) is 3.80. The molecule has 1 amide bonds. The zero-order valence-corrected chi connectivity index (χ0v) is 14.5. The molecule has 0 bridgehead atoms. The lowest BCUT2D eigenvalue weighted by atomic mass is 9.96. The average molecular weight is 385 g/mol. The van der Waals surface area contributed by atoms with Crippen molar-refractivity contribution in [2.24, 2.45) is 5.73 Å². The molecule has 2 heterocycles. The largest absolute Gasteiger partial charge is 0.334 e. The summed E-state index contributed by atoms with van der Waals surface area (Å²) in [5, 5.41) is 0. The Hall–Kier alpha value is -0.360. The van der Waals surface area contributed by atoms with Gasteiger partial charge in [-0.2, -0.15) is 0 Å². The van der Waals surface area contributed by atoms with Crippen molar-refractivity contribution in [1.29, 1.82) is 0 Å². The summed E-state index contributed by atoms with van der Waals surface area (Å²) in [7, 11) is 0. The van der Waals surface area contributed by atoms with Gasteiger partial charge in [-0.25, -0.2) is 0 Å². The number of hydrogen-bond acceptors (Lipinski definition) is 3. The fourth-order valence-corrected chi connectivity index (χ4v) is 2.82. The number of amides is 1. The number of nitrogens with zero attached hydrogens (tertiary/aromatic N) is 2. The highest BCUT2D eigenvalue weighted by Gasteiger charge is 2.29. The molecule has 0 aromatic carbocycles. The minimum absolute atomic E-state index is 0. The van der Waals surface area contributed by atoms with E-state index in [4.69, 9.17) is 5.73 Å². The van der Waals surface area contributed by atoms with E-state index in [1.165, 1.54) is 0 Å². The summed E-state index contributed by atoms with van der Waals surface area (Å²) in [6, 6.07) is 1.96. The maximum atomic E-state index is 12.5. The van der Waals surface area contributed by atoms with Crippen molar-refractivity contribution >= 4 is 46.7 Å². The molecule has 2 N–H and O–H groups in total. The van der Waals surface area contributed by atoms with Crippen molar-refractivity contribution in [1.82, 2.24) is 9.88 Å². The van der Waals surface area contributed by atoms with Crippen LogP contribution in [0.5, 0.6) is 0 Å². The Bertz CT molecular complexity index is 445. The van der Waals surface area contributed by atoms with Crippen molar-refractivity contribution in [3.05, 3.63) is 28.5 Å². The van der Waals surface area contributed by atoms with Crippen molar-refractivity contribution < 1.29 is 4.79 Å². The van der Waals surface area contributed by atoms with Crippen LogP contribution in [0.4, 0.5) is 0 Å². The molecule has 2 rings (SSSR count). The van der Waals surface area contributed by atoms with Gasteiger partial charge >= 0.3 is 0 Å². The summed E-state index contributed by atoms with van der Waals surface area (Å²) in [4.78, 5) is 18.4. The number of piperidine rings is 1. The zero-order valence-electron chi connectivity index (χ0n) is 11.3. The Labute approximate surface area is 140 Å². The van der Waals surface area contributed by atoms with Gasteiger partial charge in [0.15, 0.2) is 0 Å². The third-order valence-electron chi connectivity index (χ3n) is 3.37. The predicted octanol–water partition coefficient (Wildman–Crippen LogP) is 3.03. The van der Waals surface area contributed by atoms with Crippen LogP contribution in [-0.4, -0.2) is 34.4 Å². The topological polar surface area (TPSA) is 59.2 Å². The van der Waals surface area contributed by atoms with Crippen LogP contribution >= 0.6 is 40.7 Å². The van der Waals surface area contributed by atoms with E-state index in [2.05, 4.69) is 20.9 Å². The molecule has 20 heavy (non-hydrogen) atoms. The molecule has 7 heteroatoms. The van der Waals surface area contributed by atoms with Gasteiger partial charge in [0.1, 0.15) is 0 Å². The first-order chi connectivity index (χ1) is 8.59. The summed E-state index contributed by atoms with van der Waals surface area (Å²) >= 11 is 3.34. The van der Waals surface area contributed by atoms with Crippen LogP contribution in [0.25, 0.3) is 0 Å². The highest BCUT2D eigenvalue weighted by atomic mass is 79.9. The van der Waals surface area contributed by atoms with E-state index in [0.29, 0.717) is 5.56 Å². The standard InChI is InChI=1S/C13H18BrN3O.2ClH/c1-9(15)12-4-2-3-5-17(12)13(18)10-6-11(14)8-16-7-10;;/h6-9,12H,2-5,15H2,1H3;2*1H. The SMILES string of the molecule is CC(N)C1CCCCN1C(=O)c1cncc(Br)c1.Cl.Cl. The molecule has 114 valence electrons. The van der Waals surface area contributed by atoms with Crippen LogP contribution in [-0.2, 0) is 0 Å². The predicted molar refractivity (Wildman–Crippen MR) is 88.8 cm³/mol. The molecule has 1 aromatic rings. The highest BCUT2D eigenvalue weighted by molar-refractivity contribution is 9.10. The van der Waals surface area contributed by atoms with Gasteiger partial charge in [-0.05, 0) is 48.2 Å². The maximum Gasteiger partial charge on any atom is 0.255 e. The molecule has 1 aliphatic heterocycles. The van der Waals surface area contributed by atoms with Crippen LogP contribution in [0.2, 0.25) is 0 Å². The Morgan fingerprint density at radius 2 is 2.15 bits per heavy atom. The van der Waals surface area contributed by atoms with Crippen molar-refractivity contribution in [3.8, 4) is 0 Å². The van der Waals surface area contributed by atoms with Gasteiger partial charge in [-0.1, -0.05) is 0 Å². The first kappa shape index (κ1) is 19.6. The van der Waals surface area contributed by atoms with Crippen LogP contribution in [0.1, 0.15) is 36.5 Å². The Morgan fingerprint density at radius 1 is 1.45 bits per heavy atom. The third kappa shape index (κ3) is 4.58. The van der Waals surface area contributed by atoms with Crippen LogP contribution in [0, 0.1) is 0 Å². The first-order valence-electron chi connectivity index (χ1n) is 6.26. The number of aromatic nitrogens is 1. The van der Waals surface area contributed by atoms with Crippen LogP contribution < -0.4 is 5.73 Å². The van der Waals surface area contributed by atoms with E-state index in [-0.39, 0.29) is 42.8 Å². The first-order valence-corrected chi connectivity index (χ1v) is 7.06. The van der Waals surface area contributed by atoms with E-state index in [1.807, 2.05) is 17.9 Å². The van der Waals surface area contributed by atoms with Gasteiger partial charge in [-0.3, -0.25) is 9.78 Å². The lowest BCUT2D eigenvalue weighted by Gasteiger charge is -2.38. The second-order valence-corrected chi connectivity index (χ2v) is 5.73. The number of likely N-dealkylation sites (tertiary alicyclic amines) is 1. The van der Waals surface area contributed by atoms with E-state index in [0.717, 1.165) is 30.3 Å². The van der Waals surface area contributed by atoms with Crippen LogP contribution in [0.3, 0.4) is 0 Å². The van der Waals surface area contributed by atoms with Crippen LogP contribution in [0.15, 0.2) is 22.9 Å². The molecule has 2 atom stereocenters. The minimum atomic E-state index is 0. The molecule has 1 fully saturated rings. The number of pyridine rings is 1. The number of halogens is 3. The molecule has 2 unspecified atom stereocenters. The molecule has 0 aliphatic carbocycles. The van der Waals surface area contributed by atoms with Gasteiger partial charge in [0.2, 0.25) is 0 Å². The summed E-state index contributed by atoms with van der Waals surface area (Å²) in [5.41, 5.74) is 6.61. The Morgan fingerprint density at radius 3 is 2.75 bits per heavy atom. The maximum absolute atomic E-state index is 12.5. The lowest BCUT2D eigenvalue weighted by Crippen LogP contribution is -2.51. The van der Waals surface area contributed by atoms with Crippen molar-refractivity contribution in [3.63, 3.8) is 0 Å². The average Bonchev–Trinajstić information content (AvgIpc) is 2.38. The Balaban J connectivity index is 0.00000180.